The van der Waals surface area contributed by atoms with Gasteiger partial charge in [0, 0.05) is 17.1 Å². The summed E-state index contributed by atoms with van der Waals surface area (Å²) in [5.74, 6) is 0.769. The van der Waals surface area contributed by atoms with E-state index in [4.69, 9.17) is 22.1 Å². The van der Waals surface area contributed by atoms with E-state index in [1.165, 1.54) is 6.07 Å². The molecule has 0 bridgehead atoms. The van der Waals surface area contributed by atoms with Crippen LogP contribution in [-0.4, -0.2) is 0 Å². The first-order chi connectivity index (χ1) is 9.02. The van der Waals surface area contributed by atoms with Crippen LogP contribution in [0.3, 0.4) is 0 Å². The minimum absolute atomic E-state index is 0.0910. The fourth-order valence-corrected chi connectivity index (χ4v) is 2.33. The van der Waals surface area contributed by atoms with Gasteiger partial charge >= 0.3 is 0 Å². The first-order valence-corrected chi connectivity index (χ1v) is 6.32. The lowest BCUT2D eigenvalue weighted by atomic mass is 10.1. The van der Waals surface area contributed by atoms with Gasteiger partial charge in [-0.25, -0.2) is 4.39 Å². The summed E-state index contributed by atoms with van der Waals surface area (Å²) in [4.78, 5) is 0. The Morgan fingerprint density at radius 3 is 2.42 bits per heavy atom. The van der Waals surface area contributed by atoms with Crippen LogP contribution < -0.4 is 10.5 Å². The molecule has 0 fully saturated rings. The number of rotatable bonds is 3. The maximum atomic E-state index is 13.6. The molecule has 0 saturated carbocycles. The smallest absolute Gasteiger partial charge is 0.134 e. The van der Waals surface area contributed by atoms with Crippen LogP contribution in [-0.2, 0) is 6.54 Å². The fraction of sp³-hybridized carbons (Fsp3) is 0.200. The fourth-order valence-electron chi connectivity index (χ4n) is 2.00. The highest BCUT2D eigenvalue weighted by molar-refractivity contribution is 6.30. The van der Waals surface area contributed by atoms with Gasteiger partial charge in [-0.15, -0.1) is 0 Å². The molecule has 0 aromatic heterocycles. The van der Waals surface area contributed by atoms with Crippen molar-refractivity contribution in [1.29, 1.82) is 0 Å². The summed E-state index contributed by atoms with van der Waals surface area (Å²) in [6.07, 6.45) is 0. The highest BCUT2D eigenvalue weighted by atomic mass is 35.5. The summed E-state index contributed by atoms with van der Waals surface area (Å²) in [5.41, 5.74) is 7.74. The largest absolute Gasteiger partial charge is 0.456 e. The van der Waals surface area contributed by atoms with Crippen molar-refractivity contribution in [3.05, 3.63) is 57.9 Å². The minimum Gasteiger partial charge on any atom is -0.456 e. The molecule has 0 radical (unpaired) electrons. The Kier molecular flexibility index (Phi) is 4.08. The van der Waals surface area contributed by atoms with Crippen LogP contribution in [0.5, 0.6) is 11.5 Å². The molecule has 19 heavy (non-hydrogen) atoms. The first kappa shape index (κ1) is 13.8. The second-order valence-corrected chi connectivity index (χ2v) is 4.83. The van der Waals surface area contributed by atoms with E-state index >= 15 is 0 Å². The lowest BCUT2D eigenvalue weighted by Crippen LogP contribution is -2.03. The van der Waals surface area contributed by atoms with E-state index in [9.17, 15) is 4.39 Å². The molecule has 2 rings (SSSR count). The molecule has 0 spiro atoms. The normalized spacial score (nSPS) is 10.6. The van der Waals surface area contributed by atoms with Crippen LogP contribution in [0, 0.1) is 19.7 Å². The maximum absolute atomic E-state index is 13.6. The third-order valence-electron chi connectivity index (χ3n) is 2.92. The Bertz CT molecular complexity index is 590. The van der Waals surface area contributed by atoms with E-state index in [-0.39, 0.29) is 12.4 Å². The predicted molar refractivity (Wildman–Crippen MR) is 75.3 cm³/mol. The third kappa shape index (κ3) is 2.88. The number of benzene rings is 2. The van der Waals surface area contributed by atoms with E-state index in [2.05, 4.69) is 0 Å². The van der Waals surface area contributed by atoms with Crippen molar-refractivity contribution in [2.75, 3.05) is 0 Å². The molecule has 0 heterocycles. The van der Waals surface area contributed by atoms with Crippen LogP contribution in [0.2, 0.25) is 5.02 Å². The molecule has 2 aromatic rings. The second kappa shape index (κ2) is 5.59. The van der Waals surface area contributed by atoms with Crippen molar-refractivity contribution in [2.24, 2.45) is 5.73 Å². The minimum atomic E-state index is -0.357. The van der Waals surface area contributed by atoms with Gasteiger partial charge in [0.1, 0.15) is 17.3 Å². The number of hydrogen-bond donors (Lipinski definition) is 1. The second-order valence-electron chi connectivity index (χ2n) is 4.39. The standard InChI is InChI=1S/C15H15ClFNO/c1-9-6-11(16)7-10(2)15(9)19-14-5-3-4-13(17)12(14)8-18/h3-7H,8,18H2,1-2H3. The highest BCUT2D eigenvalue weighted by Crippen LogP contribution is 2.33. The summed E-state index contributed by atoms with van der Waals surface area (Å²) in [7, 11) is 0. The number of aryl methyl sites for hydroxylation is 2. The van der Waals surface area contributed by atoms with Crippen molar-refractivity contribution >= 4 is 11.6 Å². The van der Waals surface area contributed by atoms with Crippen molar-refractivity contribution in [2.45, 2.75) is 20.4 Å². The molecule has 2 aromatic carbocycles. The summed E-state index contributed by atoms with van der Waals surface area (Å²) in [6, 6.07) is 8.30. The molecule has 0 saturated heterocycles. The zero-order valence-corrected chi connectivity index (χ0v) is 11.6. The molecule has 2 N–H and O–H groups in total. The quantitative estimate of drug-likeness (QED) is 0.907. The van der Waals surface area contributed by atoms with Gasteiger partial charge < -0.3 is 10.5 Å². The van der Waals surface area contributed by atoms with Crippen LogP contribution >= 0.6 is 11.6 Å². The summed E-state index contributed by atoms with van der Waals surface area (Å²) >= 11 is 5.97. The molecule has 0 aliphatic rings. The summed E-state index contributed by atoms with van der Waals surface area (Å²) in [5, 5.41) is 0.653. The number of hydrogen-bond acceptors (Lipinski definition) is 2. The Hall–Kier alpha value is -1.58. The van der Waals surface area contributed by atoms with E-state index in [0.29, 0.717) is 22.1 Å². The molecule has 0 aliphatic carbocycles. The summed E-state index contributed by atoms with van der Waals surface area (Å²) < 4.78 is 19.5. The monoisotopic (exact) mass is 279 g/mol. The molecule has 0 atom stereocenters. The number of halogens is 2. The van der Waals surface area contributed by atoms with Gasteiger partial charge in [0.2, 0.25) is 0 Å². The van der Waals surface area contributed by atoms with Gasteiger partial charge in [-0.3, -0.25) is 0 Å². The molecular formula is C15H15ClFNO. The van der Waals surface area contributed by atoms with Gasteiger partial charge in [-0.2, -0.15) is 0 Å². The van der Waals surface area contributed by atoms with Crippen LogP contribution in [0.25, 0.3) is 0 Å². The van der Waals surface area contributed by atoms with Crippen molar-refractivity contribution in [1.82, 2.24) is 0 Å². The van der Waals surface area contributed by atoms with E-state index < -0.39 is 0 Å². The predicted octanol–water partition coefficient (Wildman–Crippen LogP) is 4.35. The van der Waals surface area contributed by atoms with Gasteiger partial charge in [0.15, 0.2) is 0 Å². The van der Waals surface area contributed by atoms with Gasteiger partial charge in [0.05, 0.1) is 0 Å². The topological polar surface area (TPSA) is 35.2 Å². The Balaban J connectivity index is 2.45. The van der Waals surface area contributed by atoms with Crippen LogP contribution in [0.1, 0.15) is 16.7 Å². The molecule has 0 amide bonds. The SMILES string of the molecule is Cc1cc(Cl)cc(C)c1Oc1cccc(F)c1CN. The molecule has 0 unspecified atom stereocenters. The summed E-state index contributed by atoms with van der Waals surface area (Å²) in [6.45, 7) is 3.89. The molecule has 2 nitrogen and oxygen atoms in total. The lowest BCUT2D eigenvalue weighted by Gasteiger charge is -2.15. The Labute approximate surface area is 117 Å². The molecular weight excluding hydrogens is 265 g/mol. The average Bonchev–Trinajstić information content (AvgIpc) is 2.34. The zero-order chi connectivity index (χ0) is 14.0. The van der Waals surface area contributed by atoms with Crippen molar-refractivity contribution in [3.8, 4) is 11.5 Å². The number of ether oxygens (including phenoxy) is 1. The molecule has 4 heteroatoms. The third-order valence-corrected chi connectivity index (χ3v) is 3.14. The lowest BCUT2D eigenvalue weighted by molar-refractivity contribution is 0.461. The first-order valence-electron chi connectivity index (χ1n) is 5.95. The maximum Gasteiger partial charge on any atom is 0.134 e. The van der Waals surface area contributed by atoms with Gasteiger partial charge in [0.25, 0.3) is 0 Å². The Morgan fingerprint density at radius 2 is 1.84 bits per heavy atom. The number of nitrogens with two attached hydrogens (primary N) is 1. The highest BCUT2D eigenvalue weighted by Gasteiger charge is 2.12. The van der Waals surface area contributed by atoms with Gasteiger partial charge in [-0.05, 0) is 49.2 Å². The van der Waals surface area contributed by atoms with Crippen molar-refractivity contribution < 1.29 is 9.13 Å². The van der Waals surface area contributed by atoms with Gasteiger partial charge in [-0.1, -0.05) is 17.7 Å². The Morgan fingerprint density at radius 1 is 1.21 bits per heavy atom. The van der Waals surface area contributed by atoms with E-state index in [0.717, 1.165) is 11.1 Å². The van der Waals surface area contributed by atoms with E-state index in [1.807, 2.05) is 26.0 Å². The van der Waals surface area contributed by atoms with Crippen molar-refractivity contribution in [3.63, 3.8) is 0 Å². The van der Waals surface area contributed by atoms with Crippen LogP contribution in [0.4, 0.5) is 4.39 Å². The average molecular weight is 280 g/mol. The zero-order valence-electron chi connectivity index (χ0n) is 10.8. The van der Waals surface area contributed by atoms with Crippen LogP contribution in [0.15, 0.2) is 30.3 Å². The molecule has 100 valence electrons. The van der Waals surface area contributed by atoms with E-state index in [1.54, 1.807) is 12.1 Å². The molecule has 0 aliphatic heterocycles.